The average molecular weight is 393 g/mol. The molecule has 6 nitrogen and oxygen atoms in total. The standard InChI is InChI=1S/C18H19NO5S2/c1-2-3-9-25-14-10-13(18(21)22)11-15(26(19,23)24)16(14)17(20)12-7-5-4-6-8-12/h4-8,10-11H,2-3,9H2,1H3,(H,21,22)(H2,19,23,24). The van der Waals surface area contributed by atoms with Crippen LogP contribution in [0.1, 0.15) is 46.0 Å². The molecule has 0 spiro atoms. The molecule has 0 atom stereocenters. The summed E-state index contributed by atoms with van der Waals surface area (Å²) in [7, 11) is -4.29. The molecule has 0 aliphatic heterocycles. The second kappa shape index (κ2) is 8.48. The number of hydrogen-bond acceptors (Lipinski definition) is 5. The van der Waals surface area contributed by atoms with E-state index in [1.807, 2.05) is 6.92 Å². The van der Waals surface area contributed by atoms with Crippen molar-refractivity contribution in [1.82, 2.24) is 0 Å². The molecule has 0 aromatic heterocycles. The lowest BCUT2D eigenvalue weighted by atomic mass is 10.0. The highest BCUT2D eigenvalue weighted by molar-refractivity contribution is 7.99. The predicted octanol–water partition coefficient (Wildman–Crippen LogP) is 3.16. The molecule has 0 aliphatic carbocycles. The summed E-state index contributed by atoms with van der Waals surface area (Å²) < 4.78 is 24.1. The van der Waals surface area contributed by atoms with Crippen LogP contribution in [0.3, 0.4) is 0 Å². The van der Waals surface area contributed by atoms with E-state index >= 15 is 0 Å². The molecule has 0 saturated heterocycles. The van der Waals surface area contributed by atoms with Crippen LogP contribution in [0.15, 0.2) is 52.3 Å². The minimum Gasteiger partial charge on any atom is -0.478 e. The van der Waals surface area contributed by atoms with E-state index < -0.39 is 26.7 Å². The molecule has 26 heavy (non-hydrogen) atoms. The molecule has 0 unspecified atom stereocenters. The van der Waals surface area contributed by atoms with E-state index in [1.54, 1.807) is 30.3 Å². The number of ketones is 1. The lowest BCUT2D eigenvalue weighted by molar-refractivity contribution is 0.0695. The Kier molecular flexibility index (Phi) is 6.57. The molecular formula is C18H19NO5S2. The van der Waals surface area contributed by atoms with Crippen molar-refractivity contribution in [3.05, 3.63) is 59.2 Å². The lowest BCUT2D eigenvalue weighted by Crippen LogP contribution is -2.19. The summed E-state index contributed by atoms with van der Waals surface area (Å²) in [5.41, 5.74) is 0.000236. The molecule has 0 amide bonds. The molecule has 0 saturated carbocycles. The Hall–Kier alpha value is -2.16. The van der Waals surface area contributed by atoms with E-state index in [1.165, 1.54) is 17.8 Å². The summed E-state index contributed by atoms with van der Waals surface area (Å²) in [4.78, 5) is 24.2. The maximum atomic E-state index is 13.0. The second-order valence-corrected chi connectivity index (χ2v) is 8.26. The topological polar surface area (TPSA) is 115 Å². The fraction of sp³-hybridized carbons (Fsp3) is 0.222. The van der Waals surface area contributed by atoms with Crippen LogP contribution in [0.5, 0.6) is 0 Å². The van der Waals surface area contributed by atoms with Gasteiger partial charge in [0, 0.05) is 10.5 Å². The van der Waals surface area contributed by atoms with Gasteiger partial charge in [0.15, 0.2) is 5.78 Å². The van der Waals surface area contributed by atoms with Crippen LogP contribution in [0.4, 0.5) is 0 Å². The SMILES string of the molecule is CCCCSc1cc(C(=O)O)cc(S(N)(=O)=O)c1C(=O)c1ccccc1. The number of carboxylic acids is 1. The number of thioether (sulfide) groups is 1. The Morgan fingerprint density at radius 3 is 2.31 bits per heavy atom. The van der Waals surface area contributed by atoms with Gasteiger partial charge in [0.2, 0.25) is 10.0 Å². The highest BCUT2D eigenvalue weighted by Gasteiger charge is 2.26. The molecule has 138 valence electrons. The minimum atomic E-state index is -4.29. The van der Waals surface area contributed by atoms with Crippen molar-refractivity contribution in [2.45, 2.75) is 29.6 Å². The van der Waals surface area contributed by atoms with Crippen molar-refractivity contribution >= 4 is 33.5 Å². The average Bonchev–Trinajstić information content (AvgIpc) is 2.60. The summed E-state index contributed by atoms with van der Waals surface area (Å²) in [6.07, 6.45) is 1.75. The van der Waals surface area contributed by atoms with Gasteiger partial charge in [0.05, 0.1) is 16.0 Å². The zero-order valence-corrected chi connectivity index (χ0v) is 15.8. The third-order valence-electron chi connectivity index (χ3n) is 3.64. The van der Waals surface area contributed by atoms with Crippen molar-refractivity contribution < 1.29 is 23.1 Å². The molecule has 0 heterocycles. The Balaban J connectivity index is 2.72. The summed E-state index contributed by atoms with van der Waals surface area (Å²) in [6.45, 7) is 2.00. The summed E-state index contributed by atoms with van der Waals surface area (Å²) >= 11 is 1.25. The number of carboxylic acid groups (broad SMARTS) is 1. The number of primary sulfonamides is 1. The Morgan fingerprint density at radius 1 is 1.12 bits per heavy atom. The van der Waals surface area contributed by atoms with E-state index in [0.29, 0.717) is 16.2 Å². The number of aromatic carboxylic acids is 1. The fourth-order valence-corrected chi connectivity index (χ4v) is 4.39. The van der Waals surface area contributed by atoms with Crippen molar-refractivity contribution in [3.63, 3.8) is 0 Å². The molecule has 3 N–H and O–H groups in total. The van der Waals surface area contributed by atoms with Gasteiger partial charge >= 0.3 is 5.97 Å². The molecule has 2 aromatic rings. The summed E-state index contributed by atoms with van der Waals surface area (Å²) in [6, 6.07) is 10.5. The van der Waals surface area contributed by atoms with Gasteiger partial charge < -0.3 is 5.11 Å². The molecule has 0 aliphatic rings. The van der Waals surface area contributed by atoms with Gasteiger partial charge in [-0.15, -0.1) is 11.8 Å². The lowest BCUT2D eigenvalue weighted by Gasteiger charge is -2.14. The highest BCUT2D eigenvalue weighted by atomic mass is 32.2. The van der Waals surface area contributed by atoms with E-state index in [4.69, 9.17) is 5.14 Å². The number of sulfonamides is 1. The zero-order chi connectivity index (χ0) is 19.3. The van der Waals surface area contributed by atoms with Crippen LogP contribution >= 0.6 is 11.8 Å². The summed E-state index contributed by atoms with van der Waals surface area (Å²) in [5, 5.41) is 14.6. The molecule has 2 rings (SSSR count). The van der Waals surface area contributed by atoms with Crippen molar-refractivity contribution in [3.8, 4) is 0 Å². The van der Waals surface area contributed by atoms with Crippen LogP contribution < -0.4 is 5.14 Å². The van der Waals surface area contributed by atoms with Crippen molar-refractivity contribution in [2.75, 3.05) is 5.75 Å². The zero-order valence-electron chi connectivity index (χ0n) is 14.1. The van der Waals surface area contributed by atoms with Crippen LogP contribution in [0.2, 0.25) is 0 Å². The van der Waals surface area contributed by atoms with Gasteiger partial charge in [-0.3, -0.25) is 4.79 Å². The molecule has 0 radical (unpaired) electrons. The first-order valence-electron chi connectivity index (χ1n) is 7.92. The van der Waals surface area contributed by atoms with Gasteiger partial charge in [0.1, 0.15) is 0 Å². The van der Waals surface area contributed by atoms with Gasteiger partial charge in [-0.1, -0.05) is 43.7 Å². The molecule has 8 heteroatoms. The predicted molar refractivity (Wildman–Crippen MR) is 100 cm³/mol. The number of carbonyl (C=O) groups is 2. The van der Waals surface area contributed by atoms with E-state index in [0.717, 1.165) is 18.9 Å². The normalized spacial score (nSPS) is 11.3. The minimum absolute atomic E-state index is 0.0789. The third kappa shape index (κ3) is 4.72. The second-order valence-electron chi connectivity index (χ2n) is 5.59. The Morgan fingerprint density at radius 2 is 1.77 bits per heavy atom. The number of hydrogen-bond donors (Lipinski definition) is 2. The number of carbonyl (C=O) groups excluding carboxylic acids is 1. The monoisotopic (exact) mass is 393 g/mol. The van der Waals surface area contributed by atoms with Crippen LogP contribution in [-0.2, 0) is 10.0 Å². The van der Waals surface area contributed by atoms with Crippen LogP contribution in [0, 0.1) is 0 Å². The van der Waals surface area contributed by atoms with E-state index in [-0.39, 0.29) is 11.1 Å². The first-order chi connectivity index (χ1) is 12.3. The summed E-state index contributed by atoms with van der Waals surface area (Å²) in [5.74, 6) is -1.17. The van der Waals surface area contributed by atoms with Crippen LogP contribution in [0.25, 0.3) is 0 Å². The number of nitrogens with two attached hydrogens (primary N) is 1. The van der Waals surface area contributed by atoms with Gasteiger partial charge in [0.25, 0.3) is 0 Å². The van der Waals surface area contributed by atoms with Crippen LogP contribution in [-0.4, -0.2) is 31.0 Å². The maximum absolute atomic E-state index is 13.0. The van der Waals surface area contributed by atoms with E-state index in [2.05, 4.69) is 0 Å². The van der Waals surface area contributed by atoms with Gasteiger partial charge in [-0.25, -0.2) is 18.4 Å². The third-order valence-corrected chi connectivity index (χ3v) is 5.70. The number of unbranched alkanes of at least 4 members (excludes halogenated alkanes) is 1. The largest absolute Gasteiger partial charge is 0.478 e. The maximum Gasteiger partial charge on any atom is 0.335 e. The van der Waals surface area contributed by atoms with Crippen molar-refractivity contribution in [1.29, 1.82) is 0 Å². The van der Waals surface area contributed by atoms with Gasteiger partial charge in [-0.05, 0) is 24.3 Å². The Bertz CT molecular complexity index is 924. The fourth-order valence-electron chi connectivity index (χ4n) is 2.34. The van der Waals surface area contributed by atoms with E-state index in [9.17, 15) is 23.1 Å². The molecular weight excluding hydrogens is 374 g/mol. The van der Waals surface area contributed by atoms with Crippen molar-refractivity contribution in [2.24, 2.45) is 5.14 Å². The van der Waals surface area contributed by atoms with Gasteiger partial charge in [-0.2, -0.15) is 0 Å². The Labute approximate surface area is 156 Å². The smallest absolute Gasteiger partial charge is 0.335 e. The molecule has 0 fully saturated rings. The number of rotatable bonds is 8. The molecule has 0 bridgehead atoms. The molecule has 2 aromatic carbocycles. The number of benzene rings is 2. The quantitative estimate of drug-likeness (QED) is 0.404. The first kappa shape index (κ1) is 20.2. The first-order valence-corrected chi connectivity index (χ1v) is 10.5. The highest BCUT2D eigenvalue weighted by Crippen LogP contribution is 2.32.